The number of Topliss-reactive ketones (excluding diaryl/α,β-unsaturated/α-hetero) is 1. The first-order valence-corrected chi connectivity index (χ1v) is 12.2. The molecule has 0 bridgehead atoms. The molecule has 3 aliphatic carbocycles. The van der Waals surface area contributed by atoms with Crippen LogP contribution >= 0.6 is 0 Å². The molecule has 2 aromatic carbocycles. The van der Waals surface area contributed by atoms with Crippen LogP contribution in [0.5, 0.6) is 5.75 Å². The minimum atomic E-state index is -0.644. The highest BCUT2D eigenvalue weighted by Crippen LogP contribution is 2.56. The van der Waals surface area contributed by atoms with Crippen molar-refractivity contribution >= 4 is 29.1 Å². The van der Waals surface area contributed by atoms with Crippen LogP contribution in [0.4, 0.5) is 5.69 Å². The summed E-state index contributed by atoms with van der Waals surface area (Å²) in [5.41, 5.74) is 3.72. The van der Waals surface area contributed by atoms with Gasteiger partial charge in [0.15, 0.2) is 11.6 Å². The number of aryl methyl sites for hydroxylation is 1. The summed E-state index contributed by atoms with van der Waals surface area (Å²) in [5, 5.41) is 11.0. The summed E-state index contributed by atoms with van der Waals surface area (Å²) in [6.45, 7) is 3.41. The minimum absolute atomic E-state index is 0.0734. The Morgan fingerprint density at radius 1 is 0.889 bits per heavy atom. The van der Waals surface area contributed by atoms with E-state index in [1.165, 1.54) is 11.0 Å². The van der Waals surface area contributed by atoms with Crippen LogP contribution in [0, 0.1) is 24.7 Å². The number of rotatable bonds is 2. The highest BCUT2D eigenvalue weighted by atomic mass is 16.3. The maximum absolute atomic E-state index is 13.8. The van der Waals surface area contributed by atoms with Crippen molar-refractivity contribution in [1.82, 2.24) is 0 Å². The van der Waals surface area contributed by atoms with Crippen molar-refractivity contribution in [3.05, 3.63) is 94.1 Å². The first kappa shape index (κ1) is 22.4. The molecule has 1 N–H and O–H groups in total. The number of imide groups is 1. The maximum Gasteiger partial charge on any atom is 0.238 e. The van der Waals surface area contributed by atoms with Crippen molar-refractivity contribution in [3.8, 4) is 5.75 Å². The van der Waals surface area contributed by atoms with Crippen molar-refractivity contribution in [1.29, 1.82) is 0 Å². The van der Waals surface area contributed by atoms with Crippen LogP contribution < -0.4 is 4.90 Å². The van der Waals surface area contributed by atoms with Crippen LogP contribution in [0.2, 0.25) is 0 Å². The average molecular weight is 480 g/mol. The smallest absolute Gasteiger partial charge is 0.238 e. The molecule has 0 radical (unpaired) electrons. The molecular formula is C30H25NO5. The number of aromatic hydroxyl groups is 1. The molecule has 4 aliphatic rings. The molecule has 2 amide bonds. The zero-order valence-corrected chi connectivity index (χ0v) is 20.0. The minimum Gasteiger partial charge on any atom is -0.507 e. The molecule has 0 saturated carbocycles. The molecule has 1 fully saturated rings. The Labute approximate surface area is 208 Å². The number of para-hydroxylation sites is 2. The molecule has 1 saturated heterocycles. The Balaban J connectivity index is 1.52. The highest BCUT2D eigenvalue weighted by molar-refractivity contribution is 6.25. The fourth-order valence-electron chi connectivity index (χ4n) is 6.48. The lowest BCUT2D eigenvalue weighted by Crippen LogP contribution is -2.39. The third-order valence-electron chi connectivity index (χ3n) is 8.16. The number of amides is 2. The molecule has 4 atom stereocenters. The van der Waals surface area contributed by atoms with Gasteiger partial charge in [0.2, 0.25) is 11.8 Å². The second-order valence-corrected chi connectivity index (χ2v) is 10.1. The molecule has 6 heteroatoms. The molecular weight excluding hydrogens is 454 g/mol. The summed E-state index contributed by atoms with van der Waals surface area (Å²) < 4.78 is 0. The van der Waals surface area contributed by atoms with Gasteiger partial charge in [0.1, 0.15) is 5.75 Å². The topological polar surface area (TPSA) is 91.8 Å². The highest BCUT2D eigenvalue weighted by Gasteiger charge is 2.56. The van der Waals surface area contributed by atoms with Gasteiger partial charge in [-0.3, -0.25) is 24.1 Å². The van der Waals surface area contributed by atoms with Crippen LogP contribution in [0.3, 0.4) is 0 Å². The molecule has 0 aromatic heterocycles. The summed E-state index contributed by atoms with van der Waals surface area (Å²) in [5.74, 6) is -3.10. The number of carbonyl (C=O) groups is 4. The Hall–Kier alpha value is -4.06. The summed E-state index contributed by atoms with van der Waals surface area (Å²) in [6.07, 6.45) is 3.93. The van der Waals surface area contributed by atoms with Gasteiger partial charge in [0.25, 0.3) is 0 Å². The Kier molecular flexibility index (Phi) is 4.97. The number of nitrogens with zero attached hydrogens (tertiary/aromatic N) is 1. The molecule has 36 heavy (non-hydrogen) atoms. The van der Waals surface area contributed by atoms with E-state index in [9.17, 15) is 24.3 Å². The van der Waals surface area contributed by atoms with Gasteiger partial charge in [0, 0.05) is 28.2 Å². The maximum atomic E-state index is 13.8. The second kappa shape index (κ2) is 7.98. The molecule has 1 heterocycles. The molecule has 6 nitrogen and oxygen atoms in total. The van der Waals surface area contributed by atoms with Crippen molar-refractivity contribution in [2.24, 2.45) is 17.8 Å². The number of phenols is 1. The summed E-state index contributed by atoms with van der Waals surface area (Å²) in [7, 11) is 0. The van der Waals surface area contributed by atoms with Gasteiger partial charge in [-0.1, -0.05) is 48.0 Å². The molecule has 1 aliphatic heterocycles. The SMILES string of the molecule is CC1=CC(=O)C2=C(C[C@@H]3C(=CC[C@@H]4C(=O)N(c5ccccc5)C(=O)[C@@H]43)[C@@H]2c2cccc(C)c2O)C1=O. The van der Waals surface area contributed by atoms with Crippen LogP contribution in [-0.4, -0.2) is 28.5 Å². The molecule has 6 rings (SSSR count). The van der Waals surface area contributed by atoms with E-state index in [-0.39, 0.29) is 35.6 Å². The quantitative estimate of drug-likeness (QED) is 0.393. The fourth-order valence-corrected chi connectivity index (χ4v) is 6.48. The van der Waals surface area contributed by atoms with E-state index in [1.807, 2.05) is 18.2 Å². The number of hydrogen-bond donors (Lipinski definition) is 1. The number of anilines is 1. The fraction of sp³-hybridized carbons (Fsp3) is 0.267. The van der Waals surface area contributed by atoms with Crippen LogP contribution in [0.25, 0.3) is 0 Å². The summed E-state index contributed by atoms with van der Waals surface area (Å²) >= 11 is 0. The van der Waals surface area contributed by atoms with Gasteiger partial charge < -0.3 is 5.11 Å². The van der Waals surface area contributed by atoms with Gasteiger partial charge >= 0.3 is 0 Å². The zero-order chi connectivity index (χ0) is 25.3. The first-order valence-electron chi connectivity index (χ1n) is 12.2. The zero-order valence-electron chi connectivity index (χ0n) is 20.0. The summed E-state index contributed by atoms with van der Waals surface area (Å²) in [6, 6.07) is 14.3. The van der Waals surface area contributed by atoms with Gasteiger partial charge in [-0.15, -0.1) is 0 Å². The predicted octanol–water partition coefficient (Wildman–Crippen LogP) is 4.33. The first-order chi connectivity index (χ1) is 17.3. The van der Waals surface area contributed by atoms with Crippen LogP contribution in [0.1, 0.15) is 36.8 Å². The molecule has 0 unspecified atom stereocenters. The van der Waals surface area contributed by atoms with Crippen molar-refractivity contribution in [2.75, 3.05) is 4.90 Å². The average Bonchev–Trinajstić information content (AvgIpc) is 3.13. The Morgan fingerprint density at radius 3 is 2.39 bits per heavy atom. The number of allylic oxidation sites excluding steroid dienone is 6. The number of fused-ring (bicyclic) bond motifs is 3. The Bertz CT molecular complexity index is 1460. The van der Waals surface area contributed by atoms with E-state index in [4.69, 9.17) is 0 Å². The predicted molar refractivity (Wildman–Crippen MR) is 133 cm³/mol. The van der Waals surface area contributed by atoms with E-state index in [1.54, 1.807) is 50.2 Å². The normalized spacial score (nSPS) is 27.4. The largest absolute Gasteiger partial charge is 0.507 e. The van der Waals surface area contributed by atoms with E-state index in [0.717, 1.165) is 5.57 Å². The van der Waals surface area contributed by atoms with E-state index in [0.29, 0.717) is 40.0 Å². The number of benzene rings is 2. The van der Waals surface area contributed by atoms with Crippen LogP contribution in [0.15, 0.2) is 83.0 Å². The molecule has 0 spiro atoms. The van der Waals surface area contributed by atoms with E-state index in [2.05, 4.69) is 0 Å². The number of hydrogen-bond acceptors (Lipinski definition) is 5. The number of ketones is 2. The van der Waals surface area contributed by atoms with Gasteiger partial charge in [0.05, 0.1) is 17.5 Å². The lowest BCUT2D eigenvalue weighted by molar-refractivity contribution is -0.123. The molecule has 2 aromatic rings. The lowest BCUT2D eigenvalue weighted by atomic mass is 9.59. The third kappa shape index (κ3) is 3.03. The van der Waals surface area contributed by atoms with E-state index >= 15 is 0 Å². The Morgan fingerprint density at radius 2 is 1.64 bits per heavy atom. The van der Waals surface area contributed by atoms with Gasteiger partial charge in [-0.05, 0) is 56.4 Å². The molecule has 180 valence electrons. The van der Waals surface area contributed by atoms with E-state index < -0.39 is 23.7 Å². The standard InChI is InChI=1S/C30H25NO5/c1-15-7-6-10-19(27(15)33)24-18-11-12-20-25(30(36)31(29(20)35)17-8-4-3-5-9-17)21(18)14-22-26(24)23(32)13-16(2)28(22)34/h3-11,13,20-21,24-25,33H,12,14H2,1-2H3/t20-,21+,24+,25-/m0/s1. The second-order valence-electron chi connectivity index (χ2n) is 10.1. The van der Waals surface area contributed by atoms with Crippen molar-refractivity contribution < 1.29 is 24.3 Å². The van der Waals surface area contributed by atoms with Gasteiger partial charge in [-0.25, -0.2) is 0 Å². The summed E-state index contributed by atoms with van der Waals surface area (Å²) in [4.78, 5) is 55.1. The van der Waals surface area contributed by atoms with Gasteiger partial charge in [-0.2, -0.15) is 0 Å². The number of phenolic OH excluding ortho intramolecular Hbond substituents is 1. The van der Waals surface area contributed by atoms with Crippen molar-refractivity contribution in [2.45, 2.75) is 32.6 Å². The monoisotopic (exact) mass is 479 g/mol. The third-order valence-corrected chi connectivity index (χ3v) is 8.16. The lowest BCUT2D eigenvalue weighted by Gasteiger charge is -2.42. The number of carbonyl (C=O) groups excluding carboxylic acids is 4. The van der Waals surface area contributed by atoms with Crippen LogP contribution in [-0.2, 0) is 19.2 Å². The van der Waals surface area contributed by atoms with Crippen molar-refractivity contribution in [3.63, 3.8) is 0 Å².